The molecule has 1 aromatic heterocycles. The molecule has 2 heteroatoms. The molecule has 17 heavy (non-hydrogen) atoms. The molecule has 0 saturated carbocycles. The lowest BCUT2D eigenvalue weighted by atomic mass is 10.0. The topological polar surface area (TPSA) is 28.7 Å². The maximum atomic E-state index is 4.08. The van der Waals surface area contributed by atoms with Crippen molar-refractivity contribution in [2.45, 2.75) is 0 Å². The van der Waals surface area contributed by atoms with E-state index in [0.29, 0.717) is 0 Å². The fourth-order valence-electron chi connectivity index (χ4n) is 2.45. The zero-order valence-corrected chi connectivity index (χ0v) is 9.14. The summed E-state index contributed by atoms with van der Waals surface area (Å²) in [7, 11) is 0. The van der Waals surface area contributed by atoms with Gasteiger partial charge in [-0.3, -0.25) is 5.10 Å². The van der Waals surface area contributed by atoms with E-state index < -0.39 is 0 Å². The zero-order chi connectivity index (χ0) is 11.2. The van der Waals surface area contributed by atoms with Gasteiger partial charge in [0.05, 0.1) is 11.7 Å². The normalized spacial score (nSPS) is 11.5. The molecule has 3 aromatic carbocycles. The van der Waals surface area contributed by atoms with E-state index in [-0.39, 0.29) is 0 Å². The molecule has 0 aliphatic rings. The van der Waals surface area contributed by atoms with Crippen LogP contribution in [0.15, 0.2) is 54.7 Å². The minimum atomic E-state index is 1.09. The highest BCUT2D eigenvalue weighted by atomic mass is 15.1. The molecule has 0 aliphatic carbocycles. The van der Waals surface area contributed by atoms with Crippen LogP contribution in [0.4, 0.5) is 0 Å². The highest BCUT2D eigenvalue weighted by Gasteiger charge is 2.03. The molecule has 0 fully saturated rings. The zero-order valence-electron chi connectivity index (χ0n) is 9.14. The van der Waals surface area contributed by atoms with E-state index in [1.165, 1.54) is 21.5 Å². The number of benzene rings is 3. The van der Waals surface area contributed by atoms with Gasteiger partial charge < -0.3 is 0 Å². The highest BCUT2D eigenvalue weighted by Crippen LogP contribution is 2.28. The molecule has 0 atom stereocenters. The number of aromatic amines is 1. The second-order valence-corrected chi connectivity index (χ2v) is 4.32. The molecule has 0 radical (unpaired) electrons. The summed E-state index contributed by atoms with van der Waals surface area (Å²) in [5, 5.41) is 13.4. The minimum absolute atomic E-state index is 1.09. The highest BCUT2D eigenvalue weighted by molar-refractivity contribution is 6.11. The number of aromatic nitrogens is 2. The summed E-state index contributed by atoms with van der Waals surface area (Å²) in [6, 6.07) is 17.2. The van der Waals surface area contributed by atoms with Crippen molar-refractivity contribution in [1.82, 2.24) is 10.2 Å². The Bertz CT molecular complexity index is 843. The maximum absolute atomic E-state index is 4.08. The Hall–Kier alpha value is -2.35. The van der Waals surface area contributed by atoms with Gasteiger partial charge in [0.2, 0.25) is 0 Å². The van der Waals surface area contributed by atoms with Crippen molar-refractivity contribution in [3.8, 4) is 0 Å². The van der Waals surface area contributed by atoms with Crippen molar-refractivity contribution in [2.75, 3.05) is 0 Å². The minimum Gasteiger partial charge on any atom is -0.278 e. The Morgan fingerprint density at radius 3 is 2.65 bits per heavy atom. The first-order valence-electron chi connectivity index (χ1n) is 5.66. The largest absolute Gasteiger partial charge is 0.278 e. The van der Waals surface area contributed by atoms with Crippen LogP contribution in [-0.2, 0) is 0 Å². The molecular weight excluding hydrogens is 208 g/mol. The summed E-state index contributed by atoms with van der Waals surface area (Å²) in [4.78, 5) is 0. The lowest BCUT2D eigenvalue weighted by Gasteiger charge is -2.03. The van der Waals surface area contributed by atoms with Crippen LogP contribution < -0.4 is 0 Å². The second kappa shape index (κ2) is 3.08. The monoisotopic (exact) mass is 218 g/mol. The third-order valence-corrected chi connectivity index (χ3v) is 3.30. The molecule has 0 unspecified atom stereocenters. The van der Waals surface area contributed by atoms with Gasteiger partial charge in [0.15, 0.2) is 0 Å². The molecule has 80 valence electrons. The van der Waals surface area contributed by atoms with E-state index in [4.69, 9.17) is 0 Å². The molecule has 1 N–H and O–H groups in total. The molecule has 0 bridgehead atoms. The molecule has 0 spiro atoms. The number of hydrogen-bond donors (Lipinski definition) is 1. The molecule has 0 saturated heterocycles. The smallest absolute Gasteiger partial charge is 0.0656 e. The summed E-state index contributed by atoms with van der Waals surface area (Å²) in [6.07, 6.45) is 1.87. The van der Waals surface area contributed by atoms with Gasteiger partial charge in [-0.2, -0.15) is 5.10 Å². The fourth-order valence-corrected chi connectivity index (χ4v) is 2.45. The maximum Gasteiger partial charge on any atom is 0.0656 e. The number of hydrogen-bond acceptors (Lipinski definition) is 1. The first-order chi connectivity index (χ1) is 8.42. The Morgan fingerprint density at radius 1 is 0.765 bits per heavy atom. The van der Waals surface area contributed by atoms with Crippen molar-refractivity contribution in [1.29, 1.82) is 0 Å². The quantitative estimate of drug-likeness (QED) is 0.446. The fraction of sp³-hybridized carbons (Fsp3) is 0. The molecule has 1 heterocycles. The third-order valence-electron chi connectivity index (χ3n) is 3.30. The third kappa shape index (κ3) is 1.18. The van der Waals surface area contributed by atoms with Gasteiger partial charge in [0.1, 0.15) is 0 Å². The van der Waals surface area contributed by atoms with E-state index in [0.717, 1.165) is 10.9 Å². The molecule has 0 aliphatic heterocycles. The number of H-pyrrole nitrogens is 1. The van der Waals surface area contributed by atoms with Gasteiger partial charge >= 0.3 is 0 Å². The summed E-state index contributed by atoms with van der Waals surface area (Å²) >= 11 is 0. The lowest BCUT2D eigenvalue weighted by Crippen LogP contribution is -1.78. The van der Waals surface area contributed by atoms with Gasteiger partial charge in [-0.15, -0.1) is 0 Å². The van der Waals surface area contributed by atoms with Crippen molar-refractivity contribution in [3.63, 3.8) is 0 Å². The van der Waals surface area contributed by atoms with E-state index in [1.54, 1.807) is 0 Å². The molecule has 0 amide bonds. The molecular formula is C15H10N2. The van der Waals surface area contributed by atoms with Crippen LogP contribution in [0.3, 0.4) is 0 Å². The number of nitrogens with zero attached hydrogens (tertiary/aromatic N) is 1. The Morgan fingerprint density at radius 2 is 1.65 bits per heavy atom. The van der Waals surface area contributed by atoms with Gasteiger partial charge in [-0.05, 0) is 33.7 Å². The average molecular weight is 218 g/mol. The van der Waals surface area contributed by atoms with Crippen molar-refractivity contribution >= 4 is 32.4 Å². The first-order valence-corrected chi connectivity index (χ1v) is 5.66. The van der Waals surface area contributed by atoms with E-state index >= 15 is 0 Å². The predicted molar refractivity (Wildman–Crippen MR) is 71.1 cm³/mol. The summed E-state index contributed by atoms with van der Waals surface area (Å²) in [5.74, 6) is 0. The molecule has 2 nitrogen and oxygen atoms in total. The van der Waals surface area contributed by atoms with E-state index in [1.807, 2.05) is 6.20 Å². The first kappa shape index (κ1) is 8.76. The standard InChI is InChI=1S/C15H10N2/c1-2-4-13-10(3-1)5-6-11-8-15-12(7-14(11)13)9-16-17-15/h1-9H,(H,16,17). The Balaban J connectivity index is 2.30. The predicted octanol–water partition coefficient (Wildman–Crippen LogP) is 3.87. The van der Waals surface area contributed by atoms with Crippen molar-refractivity contribution in [2.24, 2.45) is 0 Å². The average Bonchev–Trinajstić information content (AvgIpc) is 2.83. The van der Waals surface area contributed by atoms with Gasteiger partial charge in [-0.1, -0.05) is 36.4 Å². The van der Waals surface area contributed by atoms with Gasteiger partial charge in [-0.25, -0.2) is 0 Å². The van der Waals surface area contributed by atoms with Gasteiger partial charge in [0.25, 0.3) is 0 Å². The van der Waals surface area contributed by atoms with Crippen LogP contribution in [0.25, 0.3) is 32.4 Å². The van der Waals surface area contributed by atoms with Crippen LogP contribution in [0.2, 0.25) is 0 Å². The SMILES string of the molecule is c1ccc2c(c1)ccc1cc3[nH]ncc3cc12. The van der Waals surface area contributed by atoms with Crippen LogP contribution >= 0.6 is 0 Å². The van der Waals surface area contributed by atoms with E-state index in [2.05, 4.69) is 58.7 Å². The Kier molecular flexibility index (Phi) is 1.59. The summed E-state index contributed by atoms with van der Waals surface area (Å²) < 4.78 is 0. The van der Waals surface area contributed by atoms with Crippen LogP contribution in [-0.4, -0.2) is 10.2 Å². The van der Waals surface area contributed by atoms with Crippen molar-refractivity contribution < 1.29 is 0 Å². The summed E-state index contributed by atoms with van der Waals surface area (Å²) in [5.41, 5.74) is 1.09. The van der Waals surface area contributed by atoms with Crippen LogP contribution in [0.5, 0.6) is 0 Å². The molecule has 4 rings (SSSR count). The molecule has 4 aromatic rings. The number of rotatable bonds is 0. The second-order valence-electron chi connectivity index (χ2n) is 4.32. The van der Waals surface area contributed by atoms with Gasteiger partial charge in [0, 0.05) is 5.39 Å². The number of nitrogens with one attached hydrogen (secondary N) is 1. The number of fused-ring (bicyclic) bond motifs is 4. The summed E-state index contributed by atoms with van der Waals surface area (Å²) in [6.45, 7) is 0. The van der Waals surface area contributed by atoms with E-state index in [9.17, 15) is 0 Å². The van der Waals surface area contributed by atoms with Crippen molar-refractivity contribution in [3.05, 3.63) is 54.7 Å². The van der Waals surface area contributed by atoms with Crippen LogP contribution in [0, 0.1) is 0 Å². The lowest BCUT2D eigenvalue weighted by molar-refractivity contribution is 1.12. The Labute approximate surface area is 97.9 Å². The van der Waals surface area contributed by atoms with Crippen LogP contribution in [0.1, 0.15) is 0 Å².